The molecular weight excluding hydrogens is 128 g/mol. The van der Waals surface area contributed by atoms with Gasteiger partial charge in [0.25, 0.3) is 5.97 Å². The van der Waals surface area contributed by atoms with Crippen LogP contribution in [0.5, 0.6) is 0 Å². The number of carboxylic acids is 1. The quantitative estimate of drug-likeness (QED) is 0.570. The highest BCUT2D eigenvalue weighted by Gasteiger charge is 1.65. The fraction of sp³-hybridized carbons (Fsp3) is 0.375. The highest BCUT2D eigenvalue weighted by atomic mass is 16.4. The largest absolute Gasteiger partial charge is 0.481 e. The molecular formula is C8H14O2. The van der Waals surface area contributed by atoms with Crippen molar-refractivity contribution in [1.29, 1.82) is 0 Å². The number of hydrogen-bond donors (Lipinski definition) is 1. The lowest BCUT2D eigenvalue weighted by atomic mass is 10.5. The van der Waals surface area contributed by atoms with Crippen LogP contribution >= 0.6 is 0 Å². The molecule has 2 heteroatoms. The van der Waals surface area contributed by atoms with Crippen molar-refractivity contribution in [2.24, 2.45) is 0 Å². The van der Waals surface area contributed by atoms with E-state index in [9.17, 15) is 0 Å². The molecule has 0 aromatic heterocycles. The average molecular weight is 142 g/mol. The molecule has 0 fully saturated rings. The van der Waals surface area contributed by atoms with Gasteiger partial charge in [-0.25, -0.2) is 0 Å². The zero-order valence-electron chi connectivity index (χ0n) is 6.66. The van der Waals surface area contributed by atoms with Gasteiger partial charge in [-0.05, 0) is 13.8 Å². The lowest BCUT2D eigenvalue weighted by Gasteiger charge is -1.62. The fourth-order valence-corrected chi connectivity index (χ4v) is 0.222. The van der Waals surface area contributed by atoms with Crippen LogP contribution in [0.25, 0.3) is 0 Å². The molecule has 0 rings (SSSR count). The van der Waals surface area contributed by atoms with Gasteiger partial charge in [0.2, 0.25) is 0 Å². The van der Waals surface area contributed by atoms with E-state index >= 15 is 0 Å². The molecule has 0 saturated heterocycles. The molecule has 0 aromatic carbocycles. The Morgan fingerprint density at radius 3 is 1.50 bits per heavy atom. The first-order valence-electron chi connectivity index (χ1n) is 3.08. The van der Waals surface area contributed by atoms with E-state index in [2.05, 4.69) is 0 Å². The summed E-state index contributed by atoms with van der Waals surface area (Å²) in [5.41, 5.74) is 0. The van der Waals surface area contributed by atoms with E-state index in [4.69, 9.17) is 9.90 Å². The standard InChI is InChI=1S/C6H10.C2H4O2/c1-3-5-6-4-2;1-2(3)4/h3-6H,1-2H3;1H3,(H,3,4)/b5-3+,6-4+;. The highest BCUT2D eigenvalue weighted by Crippen LogP contribution is 1.71. The Balaban J connectivity index is 0. The Kier molecular flexibility index (Phi) is 12.7. The van der Waals surface area contributed by atoms with Crippen molar-refractivity contribution in [3.63, 3.8) is 0 Å². The minimum Gasteiger partial charge on any atom is -0.481 e. The third kappa shape index (κ3) is 64.7. The van der Waals surface area contributed by atoms with Crippen molar-refractivity contribution in [2.75, 3.05) is 0 Å². The fourth-order valence-electron chi connectivity index (χ4n) is 0.222. The molecule has 0 atom stereocenters. The molecule has 10 heavy (non-hydrogen) atoms. The first-order chi connectivity index (χ1) is 4.65. The van der Waals surface area contributed by atoms with E-state index in [0.29, 0.717) is 0 Å². The van der Waals surface area contributed by atoms with Gasteiger partial charge in [-0.1, -0.05) is 24.3 Å². The van der Waals surface area contributed by atoms with Crippen molar-refractivity contribution in [1.82, 2.24) is 0 Å². The molecule has 0 aliphatic carbocycles. The van der Waals surface area contributed by atoms with Gasteiger partial charge in [-0.15, -0.1) is 0 Å². The molecule has 0 aliphatic heterocycles. The normalized spacial score (nSPS) is 9.50. The summed E-state index contributed by atoms with van der Waals surface area (Å²) in [6.45, 7) is 5.08. The first kappa shape index (κ1) is 11.7. The van der Waals surface area contributed by atoms with Crippen LogP contribution in [0.1, 0.15) is 20.8 Å². The van der Waals surface area contributed by atoms with Crippen LogP contribution < -0.4 is 0 Å². The molecule has 2 nitrogen and oxygen atoms in total. The van der Waals surface area contributed by atoms with Crippen molar-refractivity contribution < 1.29 is 9.90 Å². The van der Waals surface area contributed by atoms with E-state index < -0.39 is 5.97 Å². The molecule has 0 aromatic rings. The molecule has 0 amide bonds. The van der Waals surface area contributed by atoms with Gasteiger partial charge in [0.1, 0.15) is 0 Å². The van der Waals surface area contributed by atoms with Crippen LogP contribution in [-0.4, -0.2) is 11.1 Å². The monoisotopic (exact) mass is 142 g/mol. The van der Waals surface area contributed by atoms with E-state index in [0.717, 1.165) is 6.92 Å². The Hall–Kier alpha value is -1.05. The Morgan fingerprint density at radius 2 is 1.40 bits per heavy atom. The van der Waals surface area contributed by atoms with Crippen molar-refractivity contribution >= 4 is 5.97 Å². The first-order valence-corrected chi connectivity index (χ1v) is 3.08. The number of hydrogen-bond acceptors (Lipinski definition) is 1. The second-order valence-corrected chi connectivity index (χ2v) is 1.57. The summed E-state index contributed by atoms with van der Waals surface area (Å²) >= 11 is 0. The van der Waals surface area contributed by atoms with E-state index in [1.807, 2.05) is 38.2 Å². The summed E-state index contributed by atoms with van der Waals surface area (Å²) in [5, 5.41) is 7.42. The third-order valence-electron chi connectivity index (χ3n) is 0.496. The molecule has 0 bridgehead atoms. The molecule has 0 spiro atoms. The van der Waals surface area contributed by atoms with E-state index in [1.165, 1.54) is 0 Å². The van der Waals surface area contributed by atoms with Crippen LogP contribution in [0, 0.1) is 0 Å². The van der Waals surface area contributed by atoms with Gasteiger partial charge in [-0.3, -0.25) is 4.79 Å². The number of carbonyl (C=O) groups is 1. The van der Waals surface area contributed by atoms with Crippen LogP contribution in [0.4, 0.5) is 0 Å². The number of aliphatic carboxylic acids is 1. The van der Waals surface area contributed by atoms with Crippen molar-refractivity contribution in [3.05, 3.63) is 24.3 Å². The molecule has 58 valence electrons. The van der Waals surface area contributed by atoms with Gasteiger partial charge >= 0.3 is 0 Å². The maximum absolute atomic E-state index is 9.00. The second-order valence-electron chi connectivity index (χ2n) is 1.57. The second kappa shape index (κ2) is 10.8. The molecule has 0 saturated carbocycles. The van der Waals surface area contributed by atoms with Gasteiger partial charge in [0, 0.05) is 6.92 Å². The van der Waals surface area contributed by atoms with Crippen LogP contribution in [-0.2, 0) is 4.79 Å². The number of rotatable bonds is 1. The molecule has 0 radical (unpaired) electrons. The molecule has 0 aliphatic rings. The lowest BCUT2D eigenvalue weighted by Crippen LogP contribution is -1.78. The Bertz CT molecular complexity index is 109. The minimum absolute atomic E-state index is 0.833. The average Bonchev–Trinajstić information content (AvgIpc) is 1.82. The maximum Gasteiger partial charge on any atom is 0.300 e. The summed E-state index contributed by atoms with van der Waals surface area (Å²) in [4.78, 5) is 9.00. The molecule has 0 heterocycles. The zero-order valence-corrected chi connectivity index (χ0v) is 6.66. The van der Waals surface area contributed by atoms with Gasteiger partial charge in [0.15, 0.2) is 0 Å². The summed E-state index contributed by atoms with van der Waals surface area (Å²) in [6, 6.07) is 0. The summed E-state index contributed by atoms with van der Waals surface area (Å²) in [5.74, 6) is -0.833. The van der Waals surface area contributed by atoms with Crippen LogP contribution in [0.3, 0.4) is 0 Å². The van der Waals surface area contributed by atoms with Crippen molar-refractivity contribution in [3.8, 4) is 0 Å². The SMILES string of the molecule is C/C=C/C=C/C.CC(=O)O. The minimum atomic E-state index is -0.833. The molecule has 0 unspecified atom stereocenters. The topological polar surface area (TPSA) is 37.3 Å². The predicted octanol–water partition coefficient (Wildman–Crippen LogP) is 2.23. The highest BCUT2D eigenvalue weighted by molar-refractivity contribution is 5.62. The summed E-state index contributed by atoms with van der Waals surface area (Å²) < 4.78 is 0. The van der Waals surface area contributed by atoms with Crippen molar-refractivity contribution in [2.45, 2.75) is 20.8 Å². The van der Waals surface area contributed by atoms with Gasteiger partial charge in [-0.2, -0.15) is 0 Å². The lowest BCUT2D eigenvalue weighted by molar-refractivity contribution is -0.134. The van der Waals surface area contributed by atoms with E-state index in [1.54, 1.807) is 0 Å². The maximum atomic E-state index is 9.00. The molecule has 1 N–H and O–H groups in total. The van der Waals surface area contributed by atoms with Gasteiger partial charge < -0.3 is 5.11 Å². The van der Waals surface area contributed by atoms with Crippen LogP contribution in [0.15, 0.2) is 24.3 Å². The summed E-state index contributed by atoms with van der Waals surface area (Å²) in [6.07, 6.45) is 8.00. The van der Waals surface area contributed by atoms with Gasteiger partial charge in [0.05, 0.1) is 0 Å². The predicted molar refractivity (Wildman–Crippen MR) is 42.9 cm³/mol. The summed E-state index contributed by atoms with van der Waals surface area (Å²) in [7, 11) is 0. The third-order valence-corrected chi connectivity index (χ3v) is 0.496. The Morgan fingerprint density at radius 1 is 1.20 bits per heavy atom. The zero-order chi connectivity index (χ0) is 8.41. The van der Waals surface area contributed by atoms with Crippen LogP contribution in [0.2, 0.25) is 0 Å². The number of allylic oxidation sites excluding steroid dienone is 4. The number of carboxylic acid groups (broad SMARTS) is 1. The van der Waals surface area contributed by atoms with E-state index in [-0.39, 0.29) is 0 Å². The Labute approximate surface area is 61.9 Å². The smallest absolute Gasteiger partial charge is 0.300 e.